The summed E-state index contributed by atoms with van der Waals surface area (Å²) >= 11 is 1.77. The Labute approximate surface area is 163 Å². The minimum atomic E-state index is -0.0298. The van der Waals surface area contributed by atoms with Crippen molar-refractivity contribution in [2.24, 2.45) is 11.7 Å². The molecular formula is C21H25N3O2S. The molecule has 4 rings (SSSR count). The van der Waals surface area contributed by atoms with Crippen LogP contribution in [0.3, 0.4) is 0 Å². The third-order valence-corrected chi connectivity index (χ3v) is 6.78. The standard InChI is InChI=1S/C21H25N3O2S/c1-13-17(21(26)24-9-7-19-15(12-24)8-10-27-19)3-2-4-18(13)23-20(25)14-5-6-16(22)11-14/h2-4,8,10,14,16H,5-7,9,11-12,22H2,1H3,(H,23,25). The Kier molecular flexibility index (Phi) is 5.02. The molecule has 0 saturated heterocycles. The number of carbonyl (C=O) groups excluding carboxylic acids is 2. The van der Waals surface area contributed by atoms with Crippen molar-refractivity contribution in [3.8, 4) is 0 Å². The molecule has 2 aliphatic rings. The first kappa shape index (κ1) is 18.2. The van der Waals surface area contributed by atoms with E-state index in [-0.39, 0.29) is 23.8 Å². The molecule has 0 bridgehead atoms. The Morgan fingerprint density at radius 3 is 2.89 bits per heavy atom. The first-order chi connectivity index (χ1) is 13.0. The number of nitrogens with two attached hydrogens (primary N) is 1. The van der Waals surface area contributed by atoms with Gasteiger partial charge >= 0.3 is 0 Å². The summed E-state index contributed by atoms with van der Waals surface area (Å²) < 4.78 is 0. The van der Waals surface area contributed by atoms with Gasteiger partial charge in [-0.05, 0) is 67.3 Å². The number of fused-ring (bicyclic) bond motifs is 1. The summed E-state index contributed by atoms with van der Waals surface area (Å²) in [5, 5.41) is 5.11. The topological polar surface area (TPSA) is 75.4 Å². The number of hydrogen-bond acceptors (Lipinski definition) is 4. The highest BCUT2D eigenvalue weighted by molar-refractivity contribution is 7.10. The molecule has 0 spiro atoms. The third-order valence-electron chi connectivity index (χ3n) is 5.76. The Morgan fingerprint density at radius 1 is 1.26 bits per heavy atom. The van der Waals surface area contributed by atoms with E-state index in [1.165, 1.54) is 10.4 Å². The molecule has 2 aromatic rings. The van der Waals surface area contributed by atoms with Gasteiger partial charge in [-0.15, -0.1) is 11.3 Å². The van der Waals surface area contributed by atoms with Crippen LogP contribution in [0.2, 0.25) is 0 Å². The van der Waals surface area contributed by atoms with Gasteiger partial charge in [0.15, 0.2) is 0 Å². The lowest BCUT2D eigenvalue weighted by molar-refractivity contribution is -0.119. The molecule has 2 amide bonds. The van der Waals surface area contributed by atoms with Crippen molar-refractivity contribution < 1.29 is 9.59 Å². The fourth-order valence-corrected chi connectivity index (χ4v) is 4.97. The number of anilines is 1. The molecule has 0 radical (unpaired) electrons. The van der Waals surface area contributed by atoms with Crippen LogP contribution >= 0.6 is 11.3 Å². The lowest BCUT2D eigenvalue weighted by Crippen LogP contribution is -2.35. The van der Waals surface area contributed by atoms with Crippen molar-refractivity contribution >= 4 is 28.8 Å². The van der Waals surface area contributed by atoms with Crippen molar-refractivity contribution in [1.29, 1.82) is 0 Å². The Hall–Kier alpha value is -2.18. The lowest BCUT2D eigenvalue weighted by Gasteiger charge is -2.28. The Morgan fingerprint density at radius 2 is 2.11 bits per heavy atom. The zero-order valence-corrected chi connectivity index (χ0v) is 16.3. The summed E-state index contributed by atoms with van der Waals surface area (Å²) in [5.74, 6) is 0.0118. The van der Waals surface area contributed by atoms with E-state index >= 15 is 0 Å². The van der Waals surface area contributed by atoms with E-state index in [1.807, 2.05) is 30.0 Å². The van der Waals surface area contributed by atoms with Gasteiger partial charge in [0.25, 0.3) is 5.91 Å². The molecule has 1 aliphatic carbocycles. The highest BCUT2D eigenvalue weighted by Gasteiger charge is 2.29. The highest BCUT2D eigenvalue weighted by atomic mass is 32.1. The maximum absolute atomic E-state index is 13.1. The molecule has 2 atom stereocenters. The van der Waals surface area contributed by atoms with Crippen molar-refractivity contribution in [2.75, 3.05) is 11.9 Å². The molecule has 142 valence electrons. The minimum Gasteiger partial charge on any atom is -0.334 e. The summed E-state index contributed by atoms with van der Waals surface area (Å²) in [6.07, 6.45) is 3.38. The maximum atomic E-state index is 13.1. The molecule has 3 N–H and O–H groups in total. The molecular weight excluding hydrogens is 358 g/mol. The van der Waals surface area contributed by atoms with Gasteiger partial charge < -0.3 is 16.0 Å². The zero-order valence-electron chi connectivity index (χ0n) is 15.5. The summed E-state index contributed by atoms with van der Waals surface area (Å²) in [6, 6.07) is 7.79. The molecule has 27 heavy (non-hydrogen) atoms. The van der Waals surface area contributed by atoms with E-state index in [0.717, 1.165) is 43.5 Å². The molecule has 1 fully saturated rings. The minimum absolute atomic E-state index is 0.0107. The number of nitrogens with one attached hydrogen (secondary N) is 1. The molecule has 1 aromatic heterocycles. The molecule has 2 unspecified atom stereocenters. The quantitative estimate of drug-likeness (QED) is 0.854. The van der Waals surface area contributed by atoms with Gasteiger partial charge in [0.2, 0.25) is 5.91 Å². The fourth-order valence-electron chi connectivity index (χ4n) is 4.08. The van der Waals surface area contributed by atoms with Crippen molar-refractivity contribution in [3.63, 3.8) is 0 Å². The van der Waals surface area contributed by atoms with E-state index in [4.69, 9.17) is 5.73 Å². The van der Waals surface area contributed by atoms with Gasteiger partial charge in [-0.2, -0.15) is 0 Å². The SMILES string of the molecule is Cc1c(NC(=O)C2CCC(N)C2)cccc1C(=O)N1CCc2sccc2C1. The van der Waals surface area contributed by atoms with E-state index in [1.54, 1.807) is 11.3 Å². The van der Waals surface area contributed by atoms with Gasteiger partial charge in [0, 0.05) is 41.2 Å². The Bertz CT molecular complexity index is 876. The molecule has 5 nitrogen and oxygen atoms in total. The van der Waals surface area contributed by atoms with Crippen molar-refractivity contribution in [2.45, 2.75) is 45.2 Å². The molecule has 1 aliphatic heterocycles. The van der Waals surface area contributed by atoms with Crippen molar-refractivity contribution in [3.05, 3.63) is 51.2 Å². The summed E-state index contributed by atoms with van der Waals surface area (Å²) in [5.41, 5.74) is 9.39. The van der Waals surface area contributed by atoms with Gasteiger partial charge in [0.1, 0.15) is 0 Å². The second-order valence-electron chi connectivity index (χ2n) is 7.58. The first-order valence-electron chi connectivity index (χ1n) is 9.53. The van der Waals surface area contributed by atoms with Crippen LogP contribution in [0, 0.1) is 12.8 Å². The van der Waals surface area contributed by atoms with E-state index in [0.29, 0.717) is 12.1 Å². The maximum Gasteiger partial charge on any atom is 0.254 e. The predicted molar refractivity (Wildman–Crippen MR) is 108 cm³/mol. The number of rotatable bonds is 3. The number of nitrogens with zero attached hydrogens (tertiary/aromatic N) is 1. The van der Waals surface area contributed by atoms with Crippen LogP contribution in [0.25, 0.3) is 0 Å². The number of amides is 2. The van der Waals surface area contributed by atoms with E-state index in [9.17, 15) is 9.59 Å². The van der Waals surface area contributed by atoms with Gasteiger partial charge in [0.05, 0.1) is 0 Å². The second-order valence-corrected chi connectivity index (χ2v) is 8.58. The summed E-state index contributed by atoms with van der Waals surface area (Å²) in [4.78, 5) is 28.9. The largest absolute Gasteiger partial charge is 0.334 e. The average Bonchev–Trinajstić information content (AvgIpc) is 3.31. The smallest absolute Gasteiger partial charge is 0.254 e. The van der Waals surface area contributed by atoms with Crippen LogP contribution in [0.5, 0.6) is 0 Å². The molecule has 1 saturated carbocycles. The first-order valence-corrected chi connectivity index (χ1v) is 10.4. The van der Waals surface area contributed by atoms with Crippen LogP contribution in [0.4, 0.5) is 5.69 Å². The highest BCUT2D eigenvalue weighted by Crippen LogP contribution is 2.29. The monoisotopic (exact) mass is 383 g/mol. The lowest BCUT2D eigenvalue weighted by atomic mass is 10.0. The van der Waals surface area contributed by atoms with Crippen LogP contribution < -0.4 is 11.1 Å². The predicted octanol–water partition coefficient (Wildman–Crippen LogP) is 3.32. The van der Waals surface area contributed by atoms with Crippen LogP contribution in [0.1, 0.15) is 45.6 Å². The molecule has 6 heteroatoms. The fraction of sp³-hybridized carbons (Fsp3) is 0.429. The van der Waals surface area contributed by atoms with E-state index in [2.05, 4.69) is 16.8 Å². The van der Waals surface area contributed by atoms with Gasteiger partial charge in [-0.25, -0.2) is 0 Å². The average molecular weight is 384 g/mol. The second kappa shape index (κ2) is 7.44. The third kappa shape index (κ3) is 3.64. The molecule has 2 heterocycles. The molecule has 1 aromatic carbocycles. The normalized spacial score (nSPS) is 21.8. The van der Waals surface area contributed by atoms with Gasteiger partial charge in [-0.3, -0.25) is 9.59 Å². The van der Waals surface area contributed by atoms with Crippen LogP contribution in [-0.4, -0.2) is 29.3 Å². The number of hydrogen-bond donors (Lipinski definition) is 2. The van der Waals surface area contributed by atoms with Crippen LogP contribution in [0.15, 0.2) is 29.6 Å². The van der Waals surface area contributed by atoms with Gasteiger partial charge in [-0.1, -0.05) is 6.07 Å². The number of carbonyl (C=O) groups is 2. The summed E-state index contributed by atoms with van der Waals surface area (Å²) in [6.45, 7) is 3.30. The Balaban J connectivity index is 1.50. The zero-order chi connectivity index (χ0) is 19.0. The summed E-state index contributed by atoms with van der Waals surface area (Å²) in [7, 11) is 0. The van der Waals surface area contributed by atoms with E-state index < -0.39 is 0 Å². The van der Waals surface area contributed by atoms with Crippen LogP contribution in [-0.2, 0) is 17.8 Å². The van der Waals surface area contributed by atoms with Crippen molar-refractivity contribution in [1.82, 2.24) is 4.90 Å². The number of thiophene rings is 1. The number of benzene rings is 1.